The van der Waals surface area contributed by atoms with Crippen LogP contribution < -0.4 is 0 Å². The molecule has 0 aromatic rings. The molecule has 0 spiro atoms. The molecule has 2 aliphatic carbocycles. The number of hydrogen-bond acceptors (Lipinski definition) is 6. The van der Waals surface area contributed by atoms with Gasteiger partial charge in [-0.25, -0.2) is 4.79 Å². The lowest BCUT2D eigenvalue weighted by atomic mass is 9.67. The number of unbranched alkanes of at least 4 members (excludes halogenated alkanes) is 11. The zero-order valence-electron chi connectivity index (χ0n) is 24.2. The number of rotatable bonds is 18. The third-order valence-electron chi connectivity index (χ3n) is 9.57. The van der Waals surface area contributed by atoms with Crippen molar-refractivity contribution in [3.05, 3.63) is 11.8 Å². The van der Waals surface area contributed by atoms with E-state index in [-0.39, 0.29) is 28.7 Å². The molecule has 0 N–H and O–H groups in total. The van der Waals surface area contributed by atoms with Gasteiger partial charge < -0.3 is 14.2 Å². The molecule has 2 rings (SSSR count). The van der Waals surface area contributed by atoms with E-state index in [0.717, 1.165) is 44.9 Å². The number of fused-ring (bicyclic) bond motifs is 2. The average Bonchev–Trinajstić information content (AvgIpc) is 3.22. The lowest BCUT2D eigenvalue weighted by Crippen LogP contribution is -2.37. The van der Waals surface area contributed by atoms with Gasteiger partial charge in [0.1, 0.15) is 5.76 Å². The van der Waals surface area contributed by atoms with E-state index in [2.05, 4.69) is 25.5 Å². The summed E-state index contributed by atoms with van der Waals surface area (Å²) in [6.07, 6.45) is 19.5. The largest absolute Gasteiger partial charge is 0.469 e. The van der Waals surface area contributed by atoms with Crippen molar-refractivity contribution in [2.45, 2.75) is 130 Å². The maximum absolute atomic E-state index is 13.1. The quantitative estimate of drug-likeness (QED) is 0.0606. The standard InChI is InChI=1S/C31H52O6/c1-30(2)24-20-21-31(30,3)26(22-24)29(34)37-25(23-28(33)36-5)18-16-14-12-10-8-6-7-9-11-13-15-17-19-27(32)35-4/h23-24,26H,6-22H2,1-5H3. The van der Waals surface area contributed by atoms with E-state index in [0.29, 0.717) is 24.5 Å². The Kier molecular flexibility index (Phi) is 13.2. The van der Waals surface area contributed by atoms with Crippen molar-refractivity contribution in [2.75, 3.05) is 14.2 Å². The van der Waals surface area contributed by atoms with E-state index in [1.165, 1.54) is 71.7 Å². The Bertz CT molecular complexity index is 770. The Balaban J connectivity index is 1.59. The van der Waals surface area contributed by atoms with Crippen LogP contribution in [-0.2, 0) is 28.6 Å². The third kappa shape index (κ3) is 9.14. The van der Waals surface area contributed by atoms with E-state index < -0.39 is 5.97 Å². The SMILES string of the molecule is COC(=O)C=C(CCCCCCCCCCCCCCC(=O)OC)OC(=O)C1CC2CCC1(C)C2(C)C. The third-order valence-corrected chi connectivity index (χ3v) is 9.57. The molecular formula is C31H52O6. The summed E-state index contributed by atoms with van der Waals surface area (Å²) in [5.41, 5.74) is 0.115. The highest BCUT2D eigenvalue weighted by molar-refractivity contribution is 5.83. The zero-order chi connectivity index (χ0) is 27.3. The number of allylic oxidation sites excluding steroid dienone is 1. The molecule has 3 atom stereocenters. The Labute approximate surface area is 225 Å². The Morgan fingerprint density at radius 3 is 1.70 bits per heavy atom. The van der Waals surface area contributed by atoms with Crippen molar-refractivity contribution >= 4 is 17.9 Å². The van der Waals surface area contributed by atoms with Crippen LogP contribution in [0.3, 0.4) is 0 Å². The van der Waals surface area contributed by atoms with E-state index in [1.54, 1.807) is 0 Å². The Hall–Kier alpha value is -1.85. The van der Waals surface area contributed by atoms with Crippen LogP contribution in [0.4, 0.5) is 0 Å². The first kappa shape index (κ1) is 31.4. The van der Waals surface area contributed by atoms with Gasteiger partial charge in [-0.2, -0.15) is 0 Å². The summed E-state index contributed by atoms with van der Waals surface area (Å²) in [4.78, 5) is 36.1. The van der Waals surface area contributed by atoms with Crippen molar-refractivity contribution in [3.63, 3.8) is 0 Å². The smallest absolute Gasteiger partial charge is 0.333 e. The first-order valence-electron chi connectivity index (χ1n) is 14.7. The van der Waals surface area contributed by atoms with Crippen molar-refractivity contribution in [1.82, 2.24) is 0 Å². The predicted octanol–water partition coefficient (Wildman–Crippen LogP) is 7.68. The second-order valence-corrected chi connectivity index (χ2v) is 12.0. The molecule has 2 saturated carbocycles. The Morgan fingerprint density at radius 1 is 0.757 bits per heavy atom. The van der Waals surface area contributed by atoms with Gasteiger partial charge in [-0.1, -0.05) is 85.0 Å². The fourth-order valence-corrected chi connectivity index (χ4v) is 6.54. The molecular weight excluding hydrogens is 468 g/mol. The molecule has 3 unspecified atom stereocenters. The highest BCUT2D eigenvalue weighted by Gasteiger charge is 2.63. The molecule has 6 nitrogen and oxygen atoms in total. The van der Waals surface area contributed by atoms with E-state index >= 15 is 0 Å². The fraction of sp³-hybridized carbons (Fsp3) is 0.839. The van der Waals surface area contributed by atoms with Crippen LogP contribution in [0.5, 0.6) is 0 Å². The molecule has 0 saturated heterocycles. The zero-order valence-corrected chi connectivity index (χ0v) is 24.2. The molecule has 0 aromatic carbocycles. The molecule has 2 aliphatic rings. The van der Waals surface area contributed by atoms with Crippen LogP contribution in [0.2, 0.25) is 0 Å². The van der Waals surface area contributed by atoms with Crippen molar-refractivity contribution in [1.29, 1.82) is 0 Å². The Morgan fingerprint density at radius 2 is 1.27 bits per heavy atom. The maximum Gasteiger partial charge on any atom is 0.333 e. The average molecular weight is 521 g/mol. The van der Waals surface area contributed by atoms with E-state index in [4.69, 9.17) is 9.47 Å². The van der Waals surface area contributed by atoms with Crippen LogP contribution in [0.25, 0.3) is 0 Å². The van der Waals surface area contributed by atoms with Crippen LogP contribution in [0, 0.1) is 22.7 Å². The number of methoxy groups -OCH3 is 2. The lowest BCUT2D eigenvalue weighted by molar-refractivity contribution is -0.150. The van der Waals surface area contributed by atoms with Gasteiger partial charge in [0.05, 0.1) is 26.2 Å². The first-order valence-corrected chi connectivity index (χ1v) is 14.7. The number of esters is 3. The number of carbonyl (C=O) groups is 3. The summed E-state index contributed by atoms with van der Waals surface area (Å²) in [6.45, 7) is 6.82. The second kappa shape index (κ2) is 15.5. The minimum atomic E-state index is -0.467. The van der Waals surface area contributed by atoms with E-state index in [9.17, 15) is 14.4 Å². The van der Waals surface area contributed by atoms with Gasteiger partial charge in [0, 0.05) is 12.8 Å². The highest BCUT2D eigenvalue weighted by Crippen LogP contribution is 2.68. The molecule has 2 fully saturated rings. The van der Waals surface area contributed by atoms with Gasteiger partial charge in [-0.15, -0.1) is 0 Å². The molecule has 0 heterocycles. The van der Waals surface area contributed by atoms with Crippen LogP contribution in [-0.4, -0.2) is 32.1 Å². The molecule has 37 heavy (non-hydrogen) atoms. The van der Waals surface area contributed by atoms with Gasteiger partial charge in [0.15, 0.2) is 0 Å². The molecule has 0 aliphatic heterocycles. The predicted molar refractivity (Wildman–Crippen MR) is 146 cm³/mol. The van der Waals surface area contributed by atoms with Gasteiger partial charge >= 0.3 is 17.9 Å². The lowest BCUT2D eigenvalue weighted by Gasteiger charge is -2.38. The topological polar surface area (TPSA) is 78.9 Å². The molecule has 6 heteroatoms. The highest BCUT2D eigenvalue weighted by atomic mass is 16.5. The maximum atomic E-state index is 13.1. The normalized spacial score (nSPS) is 24.2. The van der Waals surface area contributed by atoms with Crippen molar-refractivity contribution in [3.8, 4) is 0 Å². The van der Waals surface area contributed by atoms with Gasteiger partial charge in [-0.05, 0) is 48.9 Å². The molecule has 212 valence electrons. The molecule has 0 amide bonds. The van der Waals surface area contributed by atoms with Crippen LogP contribution in [0.1, 0.15) is 130 Å². The van der Waals surface area contributed by atoms with Crippen molar-refractivity contribution < 1.29 is 28.6 Å². The first-order chi connectivity index (χ1) is 17.7. The second-order valence-electron chi connectivity index (χ2n) is 12.0. The van der Waals surface area contributed by atoms with Gasteiger partial charge in [0.25, 0.3) is 0 Å². The monoisotopic (exact) mass is 520 g/mol. The van der Waals surface area contributed by atoms with Gasteiger partial charge in [-0.3, -0.25) is 9.59 Å². The number of ether oxygens (including phenoxy) is 3. The molecule has 0 aromatic heterocycles. The summed E-state index contributed by atoms with van der Waals surface area (Å²) >= 11 is 0. The van der Waals surface area contributed by atoms with Crippen molar-refractivity contribution in [2.24, 2.45) is 22.7 Å². The number of hydrogen-bond donors (Lipinski definition) is 0. The van der Waals surface area contributed by atoms with Crippen LogP contribution >= 0.6 is 0 Å². The summed E-state index contributed by atoms with van der Waals surface area (Å²) in [5, 5.41) is 0. The van der Waals surface area contributed by atoms with E-state index in [1.807, 2.05) is 0 Å². The number of carbonyl (C=O) groups excluding carboxylic acids is 3. The summed E-state index contributed by atoms with van der Waals surface area (Å²) < 4.78 is 15.3. The molecule has 0 radical (unpaired) electrons. The summed E-state index contributed by atoms with van der Waals surface area (Å²) in [6, 6.07) is 0. The minimum absolute atomic E-state index is 0.0321. The van der Waals surface area contributed by atoms with Gasteiger partial charge in [0.2, 0.25) is 0 Å². The fourth-order valence-electron chi connectivity index (χ4n) is 6.54. The minimum Gasteiger partial charge on any atom is -0.469 e. The summed E-state index contributed by atoms with van der Waals surface area (Å²) in [5.74, 6) is 0.184. The summed E-state index contributed by atoms with van der Waals surface area (Å²) in [7, 11) is 2.79. The molecule has 2 bridgehead atoms. The van der Waals surface area contributed by atoms with Crippen LogP contribution in [0.15, 0.2) is 11.8 Å².